The monoisotopic (exact) mass is 352 g/mol. The quantitative estimate of drug-likeness (QED) is 0.815. The fraction of sp³-hybridized carbons (Fsp3) is 0.333. The molecule has 0 bridgehead atoms. The van der Waals surface area contributed by atoms with E-state index in [2.05, 4.69) is 5.10 Å². The van der Waals surface area contributed by atoms with Crippen LogP contribution in [0, 0.1) is 11.2 Å². The van der Waals surface area contributed by atoms with Crippen LogP contribution in [0.15, 0.2) is 53.6 Å². The van der Waals surface area contributed by atoms with Crippen molar-refractivity contribution in [3.8, 4) is 5.75 Å². The first-order valence-electron chi connectivity index (χ1n) is 8.76. The highest BCUT2D eigenvalue weighted by Crippen LogP contribution is 2.43. The molecule has 0 saturated heterocycles. The Labute approximate surface area is 152 Å². The van der Waals surface area contributed by atoms with Gasteiger partial charge in [-0.25, -0.2) is 4.39 Å². The van der Waals surface area contributed by atoms with Crippen molar-refractivity contribution in [2.75, 3.05) is 11.6 Å². The zero-order valence-electron chi connectivity index (χ0n) is 15.1. The second-order valence-electron chi connectivity index (χ2n) is 7.79. The van der Waals surface area contributed by atoms with Crippen LogP contribution >= 0.6 is 0 Å². The Morgan fingerprint density at radius 2 is 1.92 bits per heavy atom. The second kappa shape index (κ2) is 5.94. The van der Waals surface area contributed by atoms with E-state index in [1.54, 1.807) is 11.1 Å². The number of hydrogen-bond donors (Lipinski definition) is 0. The van der Waals surface area contributed by atoms with E-state index in [4.69, 9.17) is 4.74 Å². The molecular weight excluding hydrogens is 331 g/mol. The van der Waals surface area contributed by atoms with Gasteiger partial charge in [0.1, 0.15) is 29.6 Å². The normalized spacial score (nSPS) is 21.5. The largest absolute Gasteiger partial charge is 0.489 e. The number of carbonyl (C=O) groups excluding carboxylic acids is 1. The Morgan fingerprint density at radius 1 is 1.19 bits per heavy atom. The van der Waals surface area contributed by atoms with Gasteiger partial charge in [0.15, 0.2) is 5.78 Å². The number of rotatable bonds is 2. The molecular formula is C21H21FN2O2. The van der Waals surface area contributed by atoms with Crippen LogP contribution in [0.4, 0.5) is 10.1 Å². The lowest BCUT2D eigenvalue weighted by atomic mass is 9.79. The minimum Gasteiger partial charge on any atom is -0.489 e. The molecule has 2 aliphatic rings. The van der Waals surface area contributed by atoms with Crippen LogP contribution in [0.25, 0.3) is 0 Å². The second-order valence-corrected chi connectivity index (χ2v) is 7.79. The van der Waals surface area contributed by atoms with Gasteiger partial charge in [0, 0.05) is 11.5 Å². The molecule has 2 aliphatic heterocycles. The first-order chi connectivity index (χ1) is 12.4. The maximum absolute atomic E-state index is 13.8. The number of fused-ring (bicyclic) bond motifs is 3. The predicted molar refractivity (Wildman–Crippen MR) is 99.2 cm³/mol. The highest BCUT2D eigenvalue weighted by molar-refractivity contribution is 6.44. The molecule has 5 heteroatoms. The Hall–Kier alpha value is -2.69. The third-order valence-corrected chi connectivity index (χ3v) is 4.86. The van der Waals surface area contributed by atoms with Crippen molar-refractivity contribution < 1.29 is 13.9 Å². The van der Waals surface area contributed by atoms with E-state index in [1.807, 2.05) is 51.1 Å². The van der Waals surface area contributed by atoms with E-state index < -0.39 is 5.41 Å². The zero-order chi connectivity index (χ0) is 18.5. The summed E-state index contributed by atoms with van der Waals surface area (Å²) in [4.78, 5) is 13.1. The number of ketones is 1. The maximum atomic E-state index is 13.8. The zero-order valence-corrected chi connectivity index (χ0v) is 15.1. The third kappa shape index (κ3) is 2.68. The van der Waals surface area contributed by atoms with Gasteiger partial charge < -0.3 is 4.74 Å². The minimum atomic E-state index is -0.550. The Morgan fingerprint density at radius 3 is 2.62 bits per heavy atom. The number of hydrogen-bond acceptors (Lipinski definition) is 4. The Balaban J connectivity index is 1.84. The molecule has 26 heavy (non-hydrogen) atoms. The lowest BCUT2D eigenvalue weighted by Crippen LogP contribution is -2.42. The average molecular weight is 352 g/mol. The summed E-state index contributed by atoms with van der Waals surface area (Å²) >= 11 is 0. The van der Waals surface area contributed by atoms with E-state index in [9.17, 15) is 9.18 Å². The minimum absolute atomic E-state index is 0.00120. The van der Waals surface area contributed by atoms with Gasteiger partial charge in [0.2, 0.25) is 0 Å². The number of Topliss-reactive ketones (excluding diaryl/α,β-unsaturated/α-hetero) is 1. The standard InChI is InChI=1S/C21H21FN2O2/c1-21(2,3)20(25)19-18(13-7-5-4-6-8-13)16-12-26-17-10-9-14(22)11-15(17)24(16)23-19/h4-11,16,18H,12H2,1-3H3/t16?,18-/m0/s1. The first-order valence-corrected chi connectivity index (χ1v) is 8.76. The van der Waals surface area contributed by atoms with E-state index in [-0.39, 0.29) is 23.6 Å². The molecule has 0 N–H and O–H groups in total. The summed E-state index contributed by atoms with van der Waals surface area (Å²) in [5.41, 5.74) is 1.54. The van der Waals surface area contributed by atoms with E-state index in [0.717, 1.165) is 5.56 Å². The van der Waals surface area contributed by atoms with Crippen LogP contribution in [0.5, 0.6) is 5.75 Å². The molecule has 134 valence electrons. The van der Waals surface area contributed by atoms with Gasteiger partial charge in [-0.15, -0.1) is 0 Å². The molecule has 0 spiro atoms. The maximum Gasteiger partial charge on any atom is 0.184 e. The van der Waals surface area contributed by atoms with Crippen molar-refractivity contribution in [3.63, 3.8) is 0 Å². The molecule has 1 unspecified atom stereocenters. The summed E-state index contributed by atoms with van der Waals surface area (Å²) in [7, 11) is 0. The van der Waals surface area contributed by atoms with E-state index in [0.29, 0.717) is 23.8 Å². The molecule has 2 heterocycles. The van der Waals surface area contributed by atoms with Crippen molar-refractivity contribution in [3.05, 3.63) is 59.9 Å². The van der Waals surface area contributed by atoms with Gasteiger partial charge >= 0.3 is 0 Å². The summed E-state index contributed by atoms with van der Waals surface area (Å²) in [5.74, 6) is 0.0239. The van der Waals surface area contributed by atoms with Crippen LogP contribution < -0.4 is 9.75 Å². The smallest absolute Gasteiger partial charge is 0.184 e. The molecule has 0 fully saturated rings. The Kier molecular flexibility index (Phi) is 3.83. The SMILES string of the molecule is CC(C)(C)C(=O)C1=NN2c3cc(F)ccc3OCC2[C@@H]1c1ccccc1. The number of anilines is 1. The van der Waals surface area contributed by atoms with Crippen molar-refractivity contribution in [1.82, 2.24) is 0 Å². The van der Waals surface area contributed by atoms with Crippen molar-refractivity contribution in [2.45, 2.75) is 32.7 Å². The molecule has 0 radical (unpaired) electrons. The average Bonchev–Trinajstić information content (AvgIpc) is 3.00. The molecule has 4 rings (SSSR count). The summed E-state index contributed by atoms with van der Waals surface area (Å²) in [6.45, 7) is 6.06. The third-order valence-electron chi connectivity index (χ3n) is 4.86. The fourth-order valence-electron chi connectivity index (χ4n) is 3.55. The molecule has 2 aromatic rings. The number of halogens is 1. The van der Waals surface area contributed by atoms with Gasteiger partial charge in [-0.3, -0.25) is 9.80 Å². The fourth-order valence-corrected chi connectivity index (χ4v) is 3.55. The van der Waals surface area contributed by atoms with Gasteiger partial charge in [-0.1, -0.05) is 51.1 Å². The predicted octanol–water partition coefficient (Wildman–Crippen LogP) is 4.16. The molecule has 0 aliphatic carbocycles. The van der Waals surface area contributed by atoms with Gasteiger partial charge in [-0.05, 0) is 17.7 Å². The van der Waals surface area contributed by atoms with Gasteiger partial charge in [-0.2, -0.15) is 5.10 Å². The number of carbonyl (C=O) groups is 1. The van der Waals surface area contributed by atoms with E-state index in [1.165, 1.54) is 12.1 Å². The summed E-state index contributed by atoms with van der Waals surface area (Å²) in [6, 6.07) is 14.1. The van der Waals surface area contributed by atoms with Gasteiger partial charge in [0.05, 0.1) is 12.0 Å². The lowest BCUT2D eigenvalue weighted by Gasteiger charge is -2.33. The molecule has 2 atom stereocenters. The molecule has 0 aromatic heterocycles. The summed E-state index contributed by atoms with van der Waals surface area (Å²) in [5, 5.41) is 6.43. The number of ether oxygens (including phenoxy) is 1. The Bertz CT molecular complexity index is 887. The van der Waals surface area contributed by atoms with Crippen molar-refractivity contribution >= 4 is 17.2 Å². The van der Waals surface area contributed by atoms with Crippen LogP contribution in [0.2, 0.25) is 0 Å². The molecule has 2 aromatic carbocycles. The highest BCUT2D eigenvalue weighted by atomic mass is 19.1. The summed E-state index contributed by atoms with van der Waals surface area (Å²) in [6.07, 6.45) is 0. The topological polar surface area (TPSA) is 41.9 Å². The van der Waals surface area contributed by atoms with Gasteiger partial charge in [0.25, 0.3) is 0 Å². The molecule has 0 saturated carbocycles. The number of benzene rings is 2. The van der Waals surface area contributed by atoms with Crippen LogP contribution in [0.3, 0.4) is 0 Å². The van der Waals surface area contributed by atoms with E-state index >= 15 is 0 Å². The number of nitrogens with zero attached hydrogens (tertiary/aromatic N) is 2. The highest BCUT2D eigenvalue weighted by Gasteiger charge is 2.47. The van der Waals surface area contributed by atoms with Crippen LogP contribution in [0.1, 0.15) is 32.3 Å². The summed E-state index contributed by atoms with van der Waals surface area (Å²) < 4.78 is 19.7. The van der Waals surface area contributed by atoms with Crippen LogP contribution in [-0.2, 0) is 4.79 Å². The molecule has 4 nitrogen and oxygen atoms in total. The van der Waals surface area contributed by atoms with Crippen molar-refractivity contribution in [2.24, 2.45) is 10.5 Å². The molecule has 0 amide bonds. The van der Waals surface area contributed by atoms with Crippen LogP contribution in [-0.4, -0.2) is 24.1 Å². The number of hydrazone groups is 1. The lowest BCUT2D eigenvalue weighted by molar-refractivity contribution is -0.119. The van der Waals surface area contributed by atoms with Crippen molar-refractivity contribution in [1.29, 1.82) is 0 Å². The first kappa shape index (κ1) is 16.8.